The lowest BCUT2D eigenvalue weighted by molar-refractivity contribution is -0.129. The van der Waals surface area contributed by atoms with Gasteiger partial charge in [-0.15, -0.1) is 11.3 Å². The molecule has 11 aromatic rings. The van der Waals surface area contributed by atoms with E-state index in [1.54, 1.807) is 79.7 Å². The summed E-state index contributed by atoms with van der Waals surface area (Å²) in [4.78, 5) is 182. The number of thiazole rings is 4. The largest absolute Gasteiger partial charge is 0.496 e. The first-order valence-corrected chi connectivity index (χ1v) is 54.3. The Hall–Kier alpha value is -14.0. The van der Waals surface area contributed by atoms with Crippen LogP contribution >= 0.6 is 92.2 Å². The number of carbonyl (C=O) groups is 11. The standard InChI is InChI=1S/C30H32N6O4S2.C30H32N6O3S2.C26H32N4O3S.C23H22ClN5O2S2/c1-6-26(37)36-11-10-35(18-22(36)15-31)29(39)23-14-25(19(2)12-24(23)40-5)41-27-16-32-30(42-27)33-28(38)21-9-7-8-20(13-21)17-34(3)4;1-6-26(37)36-11-10-35(18-23(36)15-31)29(39)24-14-25(20(3)12-19(24)2)40-27-16-32-30(41-27)33-28(38)22-9-7-8-21(13-22)17-34(4)5;1-5-23(31)30-10-6-9-29(15-18(30)4)25(33)22-13-20(16(2)11-17(22)3)12-21-14-27-26(34-21)28-24(32)19-7-8-19;1-3-20(30)28-8-10-29(11-9-28)22(31)16-13-18(17(24)12-15(16)2)32-21-14-26-23(33-21)27-19-6-4-5-7-25-19/h6-9,12-14,16,22H,1,10-11,17-18H2,2-5H3,(H,32,33,38);6-9,12-14,16,23H,1,10-11,17-18H2,2-5H3,(H,32,33,38);5,11,13-14,18-19H,1,6-10,12,15H2,2-4H3,(H,27,28,32);3-7,12-14H,1,8-11H2,2H3,(H,25,26,27)/t22-;23-;18-;/m111./s1. The third kappa shape index (κ3) is 30.0. The number of aryl methyl sites for hydroxylation is 6. The predicted molar refractivity (Wildman–Crippen MR) is 591 cm³/mol. The Balaban J connectivity index is 0.000000167. The summed E-state index contributed by atoms with van der Waals surface area (Å²) in [7, 11) is 9.42. The highest BCUT2D eigenvalue weighted by molar-refractivity contribution is 8.02. The summed E-state index contributed by atoms with van der Waals surface area (Å²) in [6.07, 6.45) is 17.0. The van der Waals surface area contributed by atoms with E-state index in [0.29, 0.717) is 118 Å². The van der Waals surface area contributed by atoms with Gasteiger partial charge in [-0.2, -0.15) is 10.5 Å². The highest BCUT2D eigenvalue weighted by Crippen LogP contribution is 2.44. The van der Waals surface area contributed by atoms with Gasteiger partial charge in [0, 0.05) is 163 Å². The number of hydrogen-bond acceptors (Lipinski definition) is 29. The lowest BCUT2D eigenvalue weighted by atomic mass is 9.96. The van der Waals surface area contributed by atoms with Crippen LogP contribution in [0.4, 0.5) is 26.3 Å². The van der Waals surface area contributed by atoms with E-state index in [1.165, 1.54) is 122 Å². The molecule has 1 aliphatic carbocycles. The highest BCUT2D eigenvalue weighted by atomic mass is 35.5. The number of nitriles is 2. The van der Waals surface area contributed by atoms with Crippen LogP contribution in [0.3, 0.4) is 0 Å². The number of rotatable bonds is 29. The van der Waals surface area contributed by atoms with Gasteiger partial charge in [-0.1, -0.05) is 150 Å². The fourth-order valence-electron chi connectivity index (χ4n) is 17.1. The molecule has 6 aromatic carbocycles. The van der Waals surface area contributed by atoms with Gasteiger partial charge in [0.1, 0.15) is 23.7 Å². The molecular formula is C109H118ClN21O12S7. The van der Waals surface area contributed by atoms with E-state index < -0.39 is 12.1 Å². The van der Waals surface area contributed by atoms with Crippen molar-refractivity contribution in [3.63, 3.8) is 0 Å². The van der Waals surface area contributed by atoms with Crippen LogP contribution in [-0.4, -0.2) is 277 Å². The summed E-state index contributed by atoms with van der Waals surface area (Å²) >= 11 is 16.6. The van der Waals surface area contributed by atoms with Crippen molar-refractivity contribution < 1.29 is 57.5 Å². The molecule has 780 valence electrons. The second kappa shape index (κ2) is 52.9. The maximum atomic E-state index is 13.6. The molecule has 150 heavy (non-hydrogen) atoms. The summed E-state index contributed by atoms with van der Waals surface area (Å²) in [6.45, 7) is 34.3. The Kier molecular flexibility index (Phi) is 39.9. The summed E-state index contributed by atoms with van der Waals surface area (Å²) in [6, 6.07) is 38.5. The number of benzene rings is 6. The van der Waals surface area contributed by atoms with E-state index in [1.807, 2.05) is 169 Å². The number of anilines is 5. The maximum Gasteiger partial charge on any atom is 0.257 e. The molecule has 1 saturated carbocycles. The second-order valence-electron chi connectivity index (χ2n) is 36.7. The molecule has 0 unspecified atom stereocenters. The third-order valence-electron chi connectivity index (χ3n) is 25.0. The Morgan fingerprint density at radius 1 is 0.460 bits per heavy atom. The van der Waals surface area contributed by atoms with E-state index in [2.05, 4.69) is 97.6 Å². The predicted octanol–water partition coefficient (Wildman–Crippen LogP) is 17.7. The average Bonchev–Trinajstić information content (AvgIpc) is 0.830. The van der Waals surface area contributed by atoms with Crippen LogP contribution in [0.5, 0.6) is 5.75 Å². The zero-order valence-corrected chi connectivity index (χ0v) is 91.9. The Morgan fingerprint density at radius 3 is 1.42 bits per heavy atom. The van der Waals surface area contributed by atoms with Gasteiger partial charge in [0.2, 0.25) is 29.5 Å². The van der Waals surface area contributed by atoms with Gasteiger partial charge >= 0.3 is 0 Å². The number of carbonyl (C=O) groups excluding carboxylic acids is 11. The first-order valence-electron chi connectivity index (χ1n) is 48.2. The van der Waals surface area contributed by atoms with E-state index in [9.17, 15) is 63.3 Å². The van der Waals surface area contributed by atoms with Crippen molar-refractivity contribution >= 4 is 184 Å². The number of nitrogens with one attached hydrogen (secondary N) is 4. The van der Waals surface area contributed by atoms with Gasteiger partial charge in [0.15, 0.2) is 20.5 Å². The second-order valence-corrected chi connectivity index (χ2v) is 45.3. The maximum absolute atomic E-state index is 13.6. The molecule has 33 nitrogen and oxygen atoms in total. The summed E-state index contributed by atoms with van der Waals surface area (Å²) in [5.74, 6) is -0.474. The van der Waals surface area contributed by atoms with Gasteiger partial charge < -0.3 is 64.4 Å². The minimum absolute atomic E-state index is 0.000178. The molecule has 3 atom stereocenters. The van der Waals surface area contributed by atoms with Crippen molar-refractivity contribution in [3.05, 3.63) is 290 Å². The van der Waals surface area contributed by atoms with Crippen molar-refractivity contribution in [3.8, 4) is 17.9 Å². The van der Waals surface area contributed by atoms with Gasteiger partial charge in [0.05, 0.1) is 74.1 Å². The molecule has 0 spiro atoms. The number of amides is 11. The van der Waals surface area contributed by atoms with Crippen molar-refractivity contribution in [1.82, 2.24) is 73.9 Å². The highest BCUT2D eigenvalue weighted by Gasteiger charge is 2.38. The topological polar surface area (TPSA) is 390 Å². The molecule has 4 aliphatic heterocycles. The monoisotopic (exact) mass is 2170 g/mol. The molecule has 0 bridgehead atoms. The zero-order chi connectivity index (χ0) is 108. The van der Waals surface area contributed by atoms with E-state index >= 15 is 0 Å². The molecule has 16 rings (SSSR count). The number of halogens is 1. The van der Waals surface area contributed by atoms with Crippen LogP contribution in [0.15, 0.2) is 224 Å². The summed E-state index contributed by atoms with van der Waals surface area (Å²) in [5, 5.41) is 33.9. The third-order valence-corrected chi connectivity index (χ3v) is 32.7. The minimum Gasteiger partial charge on any atom is -0.496 e. The van der Waals surface area contributed by atoms with Gasteiger partial charge in [-0.3, -0.25) is 63.4 Å². The van der Waals surface area contributed by atoms with Crippen molar-refractivity contribution in [2.75, 3.05) is 142 Å². The first kappa shape index (κ1) is 113. The zero-order valence-electron chi connectivity index (χ0n) is 85.5. The van der Waals surface area contributed by atoms with E-state index in [4.69, 9.17) is 16.3 Å². The normalized spacial score (nSPS) is 15.4. The van der Waals surface area contributed by atoms with Crippen molar-refractivity contribution in [1.29, 1.82) is 10.5 Å². The number of ether oxygens (including phenoxy) is 1. The first-order chi connectivity index (χ1) is 71.9. The molecular weight excluding hydrogens is 2060 g/mol. The number of nitrogens with zero attached hydrogens (tertiary/aromatic N) is 17. The molecule has 11 amide bonds. The Morgan fingerprint density at radius 2 is 0.907 bits per heavy atom. The quantitative estimate of drug-likeness (QED) is 0.0316. The van der Waals surface area contributed by atoms with Crippen LogP contribution < -0.4 is 26.0 Å². The molecule has 41 heteroatoms. The van der Waals surface area contributed by atoms with Crippen LogP contribution in [-0.2, 0) is 43.5 Å². The van der Waals surface area contributed by atoms with E-state index in [0.717, 1.165) is 126 Å². The van der Waals surface area contributed by atoms with Crippen LogP contribution in [0, 0.1) is 70.1 Å². The number of methoxy groups -OCH3 is 1. The van der Waals surface area contributed by atoms with Crippen LogP contribution in [0.2, 0.25) is 5.02 Å². The molecule has 4 saturated heterocycles. The molecule has 0 radical (unpaired) electrons. The average molecular weight is 2170 g/mol. The molecule has 5 aliphatic rings. The van der Waals surface area contributed by atoms with Gasteiger partial charge in [-0.05, 0) is 243 Å². The van der Waals surface area contributed by atoms with Gasteiger partial charge in [0.25, 0.3) is 35.4 Å². The Bertz CT molecular complexity index is 7000. The summed E-state index contributed by atoms with van der Waals surface area (Å²) < 4.78 is 8.17. The number of piperazine rings is 3. The lowest BCUT2D eigenvalue weighted by Gasteiger charge is -2.38. The lowest BCUT2D eigenvalue weighted by Crippen LogP contribution is -2.55. The van der Waals surface area contributed by atoms with E-state index in [-0.39, 0.29) is 110 Å². The number of pyridine rings is 1. The summed E-state index contributed by atoms with van der Waals surface area (Å²) in [5.41, 5.74) is 12.2. The van der Waals surface area contributed by atoms with Crippen molar-refractivity contribution in [2.24, 2.45) is 5.92 Å². The van der Waals surface area contributed by atoms with Gasteiger partial charge in [-0.25, -0.2) is 24.9 Å². The van der Waals surface area contributed by atoms with Crippen LogP contribution in [0.1, 0.15) is 143 Å². The smallest absolute Gasteiger partial charge is 0.257 e. The number of aromatic nitrogens is 5. The van der Waals surface area contributed by atoms with Crippen molar-refractivity contribution in [2.45, 2.75) is 133 Å². The number of hydrogen-bond donors (Lipinski definition) is 4. The molecule has 9 heterocycles. The fraction of sp³-hybridized carbons (Fsp3) is 0.321. The molecule has 4 N–H and O–H groups in total. The molecule has 5 aromatic heterocycles. The van der Waals surface area contributed by atoms with Crippen LogP contribution in [0.25, 0.3) is 0 Å². The molecule has 5 fully saturated rings. The minimum atomic E-state index is -0.764. The Labute approximate surface area is 906 Å². The fourth-order valence-corrected chi connectivity index (χ4v) is 24.0. The SMILES string of the molecule is C=CC(=O)N1CCCN(C(=O)c2cc(Cc3cnc(NC(=O)C4CC4)s3)c(C)cc2C)C[C@H]1C.C=CC(=O)N1CCN(C(=O)c2cc(Sc3cnc(NC(=O)c4cccc(CN(C)C)c4)s3)c(C)cc2C)C[C@H]1C#N.C=CC(=O)N1CCN(C(=O)c2cc(Sc3cnc(NC(=O)c4cccc(CN(C)C)c4)s3)c(C)cc2OC)C[C@H]1C#N.C=CC(=O)N1CCN(C(=O)c2cc(Sc3cnc(Nc4ccccn4)s3)c(Cl)cc2C)CC1.